The van der Waals surface area contributed by atoms with Gasteiger partial charge in [-0.1, -0.05) is 31.8 Å². The summed E-state index contributed by atoms with van der Waals surface area (Å²) in [7, 11) is 0. The third-order valence-corrected chi connectivity index (χ3v) is 6.70. The first-order chi connectivity index (χ1) is 13.8. The number of hydrogen-bond acceptors (Lipinski definition) is 6. The number of aliphatic hydroxyl groups is 2. The van der Waals surface area contributed by atoms with Crippen LogP contribution in [-0.4, -0.2) is 28.4 Å². The molecule has 4 nitrogen and oxygen atoms in total. The Morgan fingerprint density at radius 2 is 1.79 bits per heavy atom. The second-order valence-electron chi connectivity index (χ2n) is 7.17. The van der Waals surface area contributed by atoms with E-state index in [1.54, 1.807) is 26.0 Å². The van der Waals surface area contributed by atoms with E-state index in [1.807, 2.05) is 32.0 Å². The average molecular weight is 431 g/mol. The molecular weight excluding hydrogens is 404 g/mol. The van der Waals surface area contributed by atoms with Gasteiger partial charge in [0.25, 0.3) is 0 Å². The number of carbonyl (C=O) groups is 2. The summed E-state index contributed by atoms with van der Waals surface area (Å²) in [5.74, 6) is 5.12. The smallest absolute Gasteiger partial charge is 0.192 e. The van der Waals surface area contributed by atoms with Crippen LogP contribution in [-0.2, 0) is 9.59 Å². The normalized spacial score (nSPS) is 13.7. The molecule has 0 bridgehead atoms. The van der Waals surface area contributed by atoms with Gasteiger partial charge in [-0.3, -0.25) is 9.59 Å². The number of allylic oxidation sites excluding steroid dienone is 1. The zero-order chi connectivity index (χ0) is 21.6. The molecule has 0 radical (unpaired) electrons. The van der Waals surface area contributed by atoms with Crippen molar-refractivity contribution >= 4 is 34.2 Å². The monoisotopic (exact) mass is 430 g/mol. The van der Waals surface area contributed by atoms with Gasteiger partial charge in [-0.2, -0.15) is 0 Å². The number of aliphatic hydroxyl groups excluding tert-OH is 2. The van der Waals surface area contributed by atoms with Crippen LogP contribution in [0, 0.1) is 23.7 Å². The van der Waals surface area contributed by atoms with Crippen molar-refractivity contribution in [1.29, 1.82) is 0 Å². The maximum absolute atomic E-state index is 12.1. The first-order valence-electron chi connectivity index (χ1n) is 9.47. The number of thiophene rings is 2. The molecule has 2 rings (SSSR count). The van der Waals surface area contributed by atoms with Gasteiger partial charge in [0.2, 0.25) is 0 Å². The van der Waals surface area contributed by atoms with E-state index < -0.39 is 12.0 Å². The van der Waals surface area contributed by atoms with Crippen molar-refractivity contribution in [2.75, 3.05) is 6.61 Å². The van der Waals surface area contributed by atoms with Gasteiger partial charge in [-0.25, -0.2) is 0 Å². The lowest BCUT2D eigenvalue weighted by atomic mass is 9.97. The first kappa shape index (κ1) is 23.2. The van der Waals surface area contributed by atoms with Crippen molar-refractivity contribution in [3.05, 3.63) is 45.7 Å². The van der Waals surface area contributed by atoms with Crippen molar-refractivity contribution < 1.29 is 19.8 Å². The molecule has 0 saturated heterocycles. The molecule has 0 aromatic carbocycles. The molecule has 2 atom stereocenters. The summed E-state index contributed by atoms with van der Waals surface area (Å²) < 4.78 is 0. The van der Waals surface area contributed by atoms with Gasteiger partial charge >= 0.3 is 0 Å². The largest absolute Gasteiger partial charge is 0.395 e. The number of carbonyl (C=O) groups excluding carboxylic acids is 2. The van der Waals surface area contributed by atoms with E-state index in [4.69, 9.17) is 0 Å². The number of hydrogen-bond donors (Lipinski definition) is 2. The van der Waals surface area contributed by atoms with Crippen molar-refractivity contribution in [1.82, 2.24) is 0 Å². The van der Waals surface area contributed by atoms with Crippen LogP contribution in [0.1, 0.15) is 50.0 Å². The summed E-state index contributed by atoms with van der Waals surface area (Å²) >= 11 is 2.85. The SMILES string of the molecule is CC=C(C)C(=O)C(O)c1ccc(-c2ccc(C#CC(CO)C(=O)CC(C)C)s2)s1. The van der Waals surface area contributed by atoms with Gasteiger partial charge in [-0.15, -0.1) is 22.7 Å². The van der Waals surface area contributed by atoms with Crippen LogP contribution in [0.4, 0.5) is 0 Å². The molecule has 2 aromatic rings. The van der Waals surface area contributed by atoms with Crippen LogP contribution in [0.25, 0.3) is 9.75 Å². The fraction of sp³-hybridized carbons (Fsp3) is 0.391. The van der Waals surface area contributed by atoms with Gasteiger partial charge in [0.1, 0.15) is 11.7 Å². The van der Waals surface area contributed by atoms with Crippen molar-refractivity contribution in [3.63, 3.8) is 0 Å². The minimum Gasteiger partial charge on any atom is -0.395 e. The summed E-state index contributed by atoms with van der Waals surface area (Å²) in [6.07, 6.45) is 0.943. The second kappa shape index (κ2) is 10.7. The average Bonchev–Trinajstić information content (AvgIpc) is 3.35. The van der Waals surface area contributed by atoms with Crippen LogP contribution in [0.15, 0.2) is 35.9 Å². The molecule has 2 unspecified atom stereocenters. The number of Topliss-reactive ketones (excluding diaryl/α,β-unsaturated/α-hetero) is 2. The molecule has 29 heavy (non-hydrogen) atoms. The van der Waals surface area contributed by atoms with Crippen LogP contribution in [0.3, 0.4) is 0 Å². The Morgan fingerprint density at radius 3 is 2.41 bits per heavy atom. The van der Waals surface area contributed by atoms with E-state index in [9.17, 15) is 19.8 Å². The fourth-order valence-corrected chi connectivity index (χ4v) is 4.54. The molecular formula is C23H26O4S2. The van der Waals surface area contributed by atoms with E-state index in [0.29, 0.717) is 16.9 Å². The van der Waals surface area contributed by atoms with Crippen LogP contribution < -0.4 is 0 Å². The molecule has 0 aliphatic heterocycles. The van der Waals surface area contributed by atoms with Gasteiger partial charge in [0, 0.05) is 21.1 Å². The Bertz CT molecular complexity index is 953. The molecule has 2 heterocycles. The first-order valence-corrected chi connectivity index (χ1v) is 11.1. The molecule has 154 valence electrons. The topological polar surface area (TPSA) is 74.6 Å². The molecule has 0 aliphatic rings. The molecule has 2 aromatic heterocycles. The molecule has 0 aliphatic carbocycles. The highest BCUT2D eigenvalue weighted by atomic mass is 32.1. The lowest BCUT2D eigenvalue weighted by Gasteiger charge is -2.07. The predicted octanol–water partition coefficient (Wildman–Crippen LogP) is 4.62. The highest BCUT2D eigenvalue weighted by Crippen LogP contribution is 2.36. The zero-order valence-corrected chi connectivity index (χ0v) is 18.7. The summed E-state index contributed by atoms with van der Waals surface area (Å²) in [6, 6.07) is 7.45. The molecule has 0 spiro atoms. The minimum atomic E-state index is -1.15. The van der Waals surface area contributed by atoms with E-state index in [1.165, 1.54) is 22.7 Å². The Morgan fingerprint density at radius 1 is 1.14 bits per heavy atom. The van der Waals surface area contributed by atoms with E-state index >= 15 is 0 Å². The molecule has 0 amide bonds. The highest BCUT2D eigenvalue weighted by molar-refractivity contribution is 7.22. The zero-order valence-electron chi connectivity index (χ0n) is 17.1. The van der Waals surface area contributed by atoms with E-state index in [0.717, 1.165) is 14.6 Å². The molecule has 0 saturated carbocycles. The third-order valence-electron chi connectivity index (χ3n) is 4.37. The Labute approximate surface area is 179 Å². The van der Waals surface area contributed by atoms with Crippen LogP contribution >= 0.6 is 22.7 Å². The summed E-state index contributed by atoms with van der Waals surface area (Å²) in [4.78, 5) is 27.6. The standard InChI is InChI=1S/C23H26O4S2/c1-5-15(4)22(26)23(27)21-11-10-20(29-21)19-9-8-17(28-19)7-6-16(13-24)18(25)12-14(2)3/h5,8-11,14,16,23-24,27H,12-13H2,1-4H3. The Hall–Kier alpha value is -2.04. The minimum absolute atomic E-state index is 0.0373. The van der Waals surface area contributed by atoms with Gasteiger partial charge in [0.05, 0.1) is 11.5 Å². The lowest BCUT2D eigenvalue weighted by Crippen LogP contribution is -2.18. The van der Waals surface area contributed by atoms with Gasteiger partial charge in [-0.05, 0) is 49.6 Å². The summed E-state index contributed by atoms with van der Waals surface area (Å²) in [5, 5.41) is 19.7. The summed E-state index contributed by atoms with van der Waals surface area (Å²) in [5.41, 5.74) is 0.534. The number of ketones is 2. The number of rotatable bonds is 8. The predicted molar refractivity (Wildman–Crippen MR) is 119 cm³/mol. The van der Waals surface area contributed by atoms with E-state index in [2.05, 4.69) is 11.8 Å². The van der Waals surface area contributed by atoms with Crippen molar-refractivity contribution in [2.24, 2.45) is 11.8 Å². The second-order valence-corrected chi connectivity index (χ2v) is 9.37. The van der Waals surface area contributed by atoms with Crippen LogP contribution in [0.2, 0.25) is 0 Å². The quantitative estimate of drug-likeness (QED) is 0.473. The highest BCUT2D eigenvalue weighted by Gasteiger charge is 2.21. The molecule has 6 heteroatoms. The summed E-state index contributed by atoms with van der Waals surface area (Å²) in [6.45, 7) is 7.11. The lowest BCUT2D eigenvalue weighted by molar-refractivity contribution is -0.123. The Balaban J connectivity index is 2.14. The van der Waals surface area contributed by atoms with Gasteiger partial charge in [0.15, 0.2) is 11.9 Å². The maximum atomic E-state index is 12.1. The maximum Gasteiger partial charge on any atom is 0.192 e. The van der Waals surface area contributed by atoms with Crippen molar-refractivity contribution in [2.45, 2.75) is 40.2 Å². The molecule has 2 N–H and O–H groups in total. The molecule has 0 fully saturated rings. The van der Waals surface area contributed by atoms with E-state index in [-0.39, 0.29) is 24.1 Å². The van der Waals surface area contributed by atoms with Crippen molar-refractivity contribution in [3.8, 4) is 21.6 Å². The van der Waals surface area contributed by atoms with Crippen LogP contribution in [0.5, 0.6) is 0 Å². The van der Waals surface area contributed by atoms with Gasteiger partial charge < -0.3 is 10.2 Å². The third kappa shape index (κ3) is 6.22. The fourth-order valence-electron chi connectivity index (χ4n) is 2.59. The Kier molecular flexibility index (Phi) is 8.54.